The van der Waals surface area contributed by atoms with Gasteiger partial charge in [-0.15, -0.1) is 0 Å². The Morgan fingerprint density at radius 1 is 1.29 bits per heavy atom. The van der Waals surface area contributed by atoms with Gasteiger partial charge in [-0.1, -0.05) is 30.3 Å². The number of benzene rings is 1. The van der Waals surface area contributed by atoms with E-state index in [1.807, 2.05) is 37.3 Å². The minimum absolute atomic E-state index is 0.00819. The van der Waals surface area contributed by atoms with Crippen molar-refractivity contribution in [2.75, 3.05) is 7.11 Å². The van der Waals surface area contributed by atoms with Crippen molar-refractivity contribution >= 4 is 6.08 Å². The molecule has 2 rings (SSSR count). The van der Waals surface area contributed by atoms with Crippen molar-refractivity contribution in [1.82, 2.24) is 0 Å². The van der Waals surface area contributed by atoms with Crippen molar-refractivity contribution in [3.8, 4) is 0 Å². The van der Waals surface area contributed by atoms with Crippen LogP contribution in [0.25, 0.3) is 0 Å². The summed E-state index contributed by atoms with van der Waals surface area (Å²) in [6, 6.07) is 10.2. The Morgan fingerprint density at radius 2 is 2.00 bits per heavy atom. The highest BCUT2D eigenvalue weighted by Gasteiger charge is 2.29. The molecule has 14 heavy (non-hydrogen) atoms. The maximum Gasteiger partial charge on any atom is 0.384 e. The summed E-state index contributed by atoms with van der Waals surface area (Å²) < 4.78 is 10.5. The van der Waals surface area contributed by atoms with E-state index in [1.54, 1.807) is 7.11 Å². The molecule has 0 aromatic heterocycles. The summed E-state index contributed by atoms with van der Waals surface area (Å²) in [6.45, 7) is 2.02. The molecule has 0 saturated heterocycles. The van der Waals surface area contributed by atoms with Gasteiger partial charge in [-0.25, -0.2) is 4.99 Å². The van der Waals surface area contributed by atoms with Crippen LogP contribution in [0, 0.1) is 0 Å². The van der Waals surface area contributed by atoms with Gasteiger partial charge in [0.15, 0.2) is 6.10 Å². The van der Waals surface area contributed by atoms with Crippen molar-refractivity contribution in [1.29, 1.82) is 0 Å². The van der Waals surface area contributed by atoms with Gasteiger partial charge in [0, 0.05) is 0 Å². The first-order valence-electron chi connectivity index (χ1n) is 4.64. The molecule has 0 unspecified atom stereocenters. The van der Waals surface area contributed by atoms with E-state index in [2.05, 4.69) is 4.99 Å². The first-order valence-corrected chi connectivity index (χ1v) is 4.64. The minimum atomic E-state index is -0.00819. The monoisotopic (exact) mass is 191 g/mol. The predicted molar refractivity (Wildman–Crippen MR) is 54.2 cm³/mol. The van der Waals surface area contributed by atoms with E-state index in [4.69, 9.17) is 9.47 Å². The van der Waals surface area contributed by atoms with Crippen LogP contribution in [0.1, 0.15) is 18.6 Å². The Kier molecular flexibility index (Phi) is 2.39. The number of hydrogen-bond donors (Lipinski definition) is 0. The van der Waals surface area contributed by atoms with Crippen LogP contribution < -0.4 is 0 Å². The molecule has 2 atom stereocenters. The van der Waals surface area contributed by atoms with Gasteiger partial charge in [0.25, 0.3) is 0 Å². The van der Waals surface area contributed by atoms with Crippen LogP contribution >= 0.6 is 0 Å². The Labute approximate surface area is 83.4 Å². The molecule has 3 nitrogen and oxygen atoms in total. The number of methoxy groups -OCH3 is 1. The molecule has 1 aliphatic rings. The van der Waals surface area contributed by atoms with E-state index in [9.17, 15) is 0 Å². The van der Waals surface area contributed by atoms with E-state index >= 15 is 0 Å². The molecule has 74 valence electrons. The Balaban J connectivity index is 2.16. The van der Waals surface area contributed by atoms with Gasteiger partial charge < -0.3 is 9.47 Å². The fourth-order valence-electron chi connectivity index (χ4n) is 1.56. The number of ether oxygens (including phenoxy) is 2. The van der Waals surface area contributed by atoms with Crippen molar-refractivity contribution < 1.29 is 9.47 Å². The highest BCUT2D eigenvalue weighted by Crippen LogP contribution is 2.28. The molecule has 0 aliphatic carbocycles. The molecule has 0 saturated carbocycles. The van der Waals surface area contributed by atoms with Crippen molar-refractivity contribution in [2.45, 2.75) is 19.1 Å². The lowest BCUT2D eigenvalue weighted by Crippen LogP contribution is -2.10. The van der Waals surface area contributed by atoms with Crippen LogP contribution in [0.5, 0.6) is 0 Å². The van der Waals surface area contributed by atoms with E-state index in [0.717, 1.165) is 5.56 Å². The number of hydrogen-bond acceptors (Lipinski definition) is 3. The number of nitrogens with zero attached hydrogens (tertiary/aromatic N) is 1. The zero-order chi connectivity index (χ0) is 9.97. The molecule has 0 radical (unpaired) electrons. The highest BCUT2D eigenvalue weighted by atomic mass is 16.7. The van der Waals surface area contributed by atoms with Gasteiger partial charge in [-0.2, -0.15) is 0 Å². The van der Waals surface area contributed by atoms with Gasteiger partial charge in [0.05, 0.1) is 13.2 Å². The average molecular weight is 191 g/mol. The van der Waals surface area contributed by atoms with Crippen molar-refractivity contribution in [3.63, 3.8) is 0 Å². The van der Waals surface area contributed by atoms with E-state index < -0.39 is 0 Å². The first-order chi connectivity index (χ1) is 6.81. The summed E-state index contributed by atoms with van der Waals surface area (Å²) in [6.07, 6.45) is 0.373. The zero-order valence-corrected chi connectivity index (χ0v) is 8.31. The quantitative estimate of drug-likeness (QED) is 0.681. The molecule has 0 bridgehead atoms. The second-order valence-corrected chi connectivity index (χ2v) is 3.29. The minimum Gasteiger partial charge on any atom is -0.454 e. The SMILES string of the molecule is COC1=N[C@@H](C)[C@H](c2ccccc2)O1. The topological polar surface area (TPSA) is 30.8 Å². The molecule has 1 aliphatic heterocycles. The van der Waals surface area contributed by atoms with Crippen LogP contribution in [-0.4, -0.2) is 19.2 Å². The van der Waals surface area contributed by atoms with Gasteiger partial charge in [-0.05, 0) is 12.5 Å². The smallest absolute Gasteiger partial charge is 0.384 e. The van der Waals surface area contributed by atoms with E-state index in [0.29, 0.717) is 6.08 Å². The van der Waals surface area contributed by atoms with Crippen LogP contribution in [-0.2, 0) is 9.47 Å². The summed E-state index contributed by atoms with van der Waals surface area (Å²) >= 11 is 0. The summed E-state index contributed by atoms with van der Waals surface area (Å²) in [4.78, 5) is 4.24. The highest BCUT2D eigenvalue weighted by molar-refractivity contribution is 5.69. The lowest BCUT2D eigenvalue weighted by molar-refractivity contribution is 0.145. The third-order valence-corrected chi connectivity index (χ3v) is 2.28. The summed E-state index contributed by atoms with van der Waals surface area (Å²) in [5.41, 5.74) is 1.14. The maximum atomic E-state index is 5.54. The van der Waals surface area contributed by atoms with Crippen molar-refractivity contribution in [2.24, 2.45) is 4.99 Å². The Bertz CT molecular complexity index is 334. The molecule has 1 aromatic rings. The summed E-state index contributed by atoms with van der Waals surface area (Å²) in [5, 5.41) is 0. The Hall–Kier alpha value is -1.51. The number of rotatable bonds is 1. The van der Waals surface area contributed by atoms with Crippen LogP contribution in [0.2, 0.25) is 0 Å². The maximum absolute atomic E-state index is 5.54. The molecule has 0 N–H and O–H groups in total. The van der Waals surface area contributed by atoms with Crippen LogP contribution in [0.4, 0.5) is 0 Å². The second kappa shape index (κ2) is 3.70. The molecular formula is C11H13NO2. The standard InChI is InChI=1S/C11H13NO2/c1-8-10(14-11(12-8)13-2)9-6-4-3-5-7-9/h3-8,10H,1-2H3/t8-,10+/m0/s1. The van der Waals surface area contributed by atoms with Gasteiger partial charge in [0.2, 0.25) is 0 Å². The largest absolute Gasteiger partial charge is 0.454 e. The molecule has 3 heteroatoms. The predicted octanol–water partition coefficient (Wildman–Crippen LogP) is 2.15. The van der Waals surface area contributed by atoms with Crippen LogP contribution in [0.15, 0.2) is 35.3 Å². The number of aliphatic imine (C=N–C) groups is 1. The average Bonchev–Trinajstić information content (AvgIpc) is 2.61. The van der Waals surface area contributed by atoms with Gasteiger partial charge in [0.1, 0.15) is 0 Å². The Morgan fingerprint density at radius 3 is 2.57 bits per heavy atom. The first kappa shape index (κ1) is 9.06. The lowest BCUT2D eigenvalue weighted by atomic mass is 10.0. The van der Waals surface area contributed by atoms with E-state index in [-0.39, 0.29) is 12.1 Å². The van der Waals surface area contributed by atoms with Crippen LogP contribution in [0.3, 0.4) is 0 Å². The molecule has 1 heterocycles. The summed E-state index contributed by atoms with van der Waals surface area (Å²) in [5.74, 6) is 0. The summed E-state index contributed by atoms with van der Waals surface area (Å²) in [7, 11) is 1.57. The molecule has 0 amide bonds. The third kappa shape index (κ3) is 1.58. The lowest BCUT2D eigenvalue weighted by Gasteiger charge is -2.13. The normalized spacial score (nSPS) is 25.4. The third-order valence-electron chi connectivity index (χ3n) is 2.28. The zero-order valence-electron chi connectivity index (χ0n) is 8.31. The molecule has 0 spiro atoms. The van der Waals surface area contributed by atoms with Gasteiger partial charge in [-0.3, -0.25) is 0 Å². The van der Waals surface area contributed by atoms with E-state index in [1.165, 1.54) is 0 Å². The second-order valence-electron chi connectivity index (χ2n) is 3.29. The van der Waals surface area contributed by atoms with Crippen molar-refractivity contribution in [3.05, 3.63) is 35.9 Å². The fraction of sp³-hybridized carbons (Fsp3) is 0.364. The van der Waals surface area contributed by atoms with Gasteiger partial charge >= 0.3 is 6.08 Å². The fourth-order valence-corrected chi connectivity index (χ4v) is 1.56. The molecule has 1 aromatic carbocycles. The molecule has 0 fully saturated rings. The molecular weight excluding hydrogens is 178 g/mol.